The maximum Gasteiger partial charge on any atom is 0.258 e. The van der Waals surface area contributed by atoms with Crippen LogP contribution in [-0.2, 0) is 7.05 Å². The highest BCUT2D eigenvalue weighted by molar-refractivity contribution is 6.04. The van der Waals surface area contributed by atoms with E-state index in [9.17, 15) is 9.18 Å². The zero-order chi connectivity index (χ0) is 12.4. The Bertz CT molecular complexity index is 546. The molecule has 0 bridgehead atoms. The number of halogens is 1. The van der Waals surface area contributed by atoms with Crippen molar-refractivity contribution in [1.82, 2.24) is 14.8 Å². The Labute approximate surface area is 96.3 Å². The van der Waals surface area contributed by atoms with Gasteiger partial charge in [0, 0.05) is 13.2 Å². The number of nitrogen functional groups attached to an aromatic ring is 1. The number of amides is 1. The van der Waals surface area contributed by atoms with Gasteiger partial charge in [-0.2, -0.15) is 5.10 Å². The summed E-state index contributed by atoms with van der Waals surface area (Å²) < 4.78 is 14.3. The van der Waals surface area contributed by atoms with Crippen LogP contribution in [0, 0.1) is 5.82 Å². The molecule has 1 amide bonds. The lowest BCUT2D eigenvalue weighted by Crippen LogP contribution is -2.16. The minimum Gasteiger partial charge on any atom is -0.394 e. The van der Waals surface area contributed by atoms with Gasteiger partial charge in [0.25, 0.3) is 5.91 Å². The zero-order valence-corrected chi connectivity index (χ0v) is 9.01. The molecular formula is C10H10FN5O. The fourth-order valence-electron chi connectivity index (χ4n) is 1.32. The monoisotopic (exact) mass is 235 g/mol. The molecule has 2 aromatic rings. The van der Waals surface area contributed by atoms with Crippen LogP contribution >= 0.6 is 0 Å². The summed E-state index contributed by atoms with van der Waals surface area (Å²) in [6.45, 7) is 0. The Kier molecular flexibility index (Phi) is 2.73. The average molecular weight is 235 g/mol. The molecule has 0 saturated heterocycles. The van der Waals surface area contributed by atoms with E-state index < -0.39 is 11.7 Å². The third-order valence-electron chi connectivity index (χ3n) is 2.17. The van der Waals surface area contributed by atoms with Gasteiger partial charge in [-0.15, -0.1) is 0 Å². The molecule has 2 rings (SSSR count). The SMILES string of the molecule is Cn1ncc(N)c1NC(=O)c1cncc(F)c1. The lowest BCUT2D eigenvalue weighted by Gasteiger charge is -2.06. The van der Waals surface area contributed by atoms with E-state index in [1.54, 1.807) is 7.05 Å². The summed E-state index contributed by atoms with van der Waals surface area (Å²) in [4.78, 5) is 15.3. The van der Waals surface area contributed by atoms with Gasteiger partial charge >= 0.3 is 0 Å². The number of hydrogen-bond acceptors (Lipinski definition) is 4. The van der Waals surface area contributed by atoms with E-state index in [4.69, 9.17) is 5.73 Å². The molecule has 0 aliphatic carbocycles. The number of carbonyl (C=O) groups excluding carboxylic acids is 1. The van der Waals surface area contributed by atoms with Crippen molar-refractivity contribution in [2.75, 3.05) is 11.1 Å². The van der Waals surface area contributed by atoms with Gasteiger partial charge in [0.05, 0.1) is 23.6 Å². The first-order valence-electron chi connectivity index (χ1n) is 4.77. The molecule has 0 saturated carbocycles. The first kappa shape index (κ1) is 11.1. The molecule has 0 atom stereocenters. The second-order valence-electron chi connectivity index (χ2n) is 3.42. The van der Waals surface area contributed by atoms with Gasteiger partial charge in [0.1, 0.15) is 5.82 Å². The average Bonchev–Trinajstić information content (AvgIpc) is 2.61. The molecule has 0 aliphatic rings. The molecule has 0 radical (unpaired) electrons. The quantitative estimate of drug-likeness (QED) is 0.805. The predicted molar refractivity (Wildman–Crippen MR) is 59.8 cm³/mol. The van der Waals surface area contributed by atoms with E-state index >= 15 is 0 Å². The topological polar surface area (TPSA) is 85.8 Å². The van der Waals surface area contributed by atoms with Gasteiger partial charge < -0.3 is 11.1 Å². The molecule has 3 N–H and O–H groups in total. The fourth-order valence-corrected chi connectivity index (χ4v) is 1.32. The van der Waals surface area contributed by atoms with Gasteiger partial charge in [-0.1, -0.05) is 0 Å². The predicted octanol–water partition coefficient (Wildman–Crippen LogP) is 0.789. The van der Waals surface area contributed by atoms with Crippen LogP contribution in [0.3, 0.4) is 0 Å². The second-order valence-corrected chi connectivity index (χ2v) is 3.42. The summed E-state index contributed by atoms with van der Waals surface area (Å²) in [6, 6.07) is 1.09. The van der Waals surface area contributed by atoms with Gasteiger partial charge in [0.2, 0.25) is 0 Å². The molecule has 0 aliphatic heterocycles. The van der Waals surface area contributed by atoms with Crippen LogP contribution in [0.4, 0.5) is 15.9 Å². The van der Waals surface area contributed by atoms with Crippen LogP contribution in [0.2, 0.25) is 0 Å². The molecule has 0 fully saturated rings. The molecule has 0 unspecified atom stereocenters. The summed E-state index contributed by atoms with van der Waals surface area (Å²) in [5.41, 5.74) is 6.06. The van der Waals surface area contributed by atoms with Crippen molar-refractivity contribution in [2.45, 2.75) is 0 Å². The fraction of sp³-hybridized carbons (Fsp3) is 0.100. The maximum absolute atomic E-state index is 12.9. The van der Waals surface area contributed by atoms with Crippen LogP contribution in [0.25, 0.3) is 0 Å². The standard InChI is InChI=1S/C10H10FN5O/c1-16-9(8(12)5-14-16)15-10(17)6-2-7(11)4-13-3-6/h2-5H,12H2,1H3,(H,15,17). The van der Waals surface area contributed by atoms with E-state index in [2.05, 4.69) is 15.4 Å². The van der Waals surface area contributed by atoms with E-state index in [0.717, 1.165) is 12.3 Å². The summed E-state index contributed by atoms with van der Waals surface area (Å²) in [5, 5.41) is 6.40. The van der Waals surface area contributed by atoms with Crippen molar-refractivity contribution in [3.8, 4) is 0 Å². The Morgan fingerprint density at radius 1 is 1.47 bits per heavy atom. The first-order chi connectivity index (χ1) is 8.08. The van der Waals surface area contributed by atoms with Crippen molar-refractivity contribution in [3.05, 3.63) is 36.0 Å². The Balaban J connectivity index is 2.23. The van der Waals surface area contributed by atoms with Crippen LogP contribution in [0.15, 0.2) is 24.7 Å². The maximum atomic E-state index is 12.9. The molecule has 0 spiro atoms. The third-order valence-corrected chi connectivity index (χ3v) is 2.17. The number of nitrogens with two attached hydrogens (primary N) is 1. The first-order valence-corrected chi connectivity index (χ1v) is 4.77. The summed E-state index contributed by atoms with van der Waals surface area (Å²) in [5.74, 6) is -0.706. The van der Waals surface area contributed by atoms with E-state index in [1.807, 2.05) is 0 Å². The van der Waals surface area contributed by atoms with E-state index in [0.29, 0.717) is 11.5 Å². The van der Waals surface area contributed by atoms with Crippen LogP contribution < -0.4 is 11.1 Å². The third kappa shape index (κ3) is 2.22. The van der Waals surface area contributed by atoms with Gasteiger partial charge in [0.15, 0.2) is 5.82 Å². The largest absolute Gasteiger partial charge is 0.394 e. The molecule has 2 heterocycles. The minimum absolute atomic E-state index is 0.116. The molecule has 6 nitrogen and oxygen atoms in total. The zero-order valence-electron chi connectivity index (χ0n) is 9.01. The number of rotatable bonds is 2. The molecule has 0 aromatic carbocycles. The number of hydrogen-bond donors (Lipinski definition) is 2. The number of anilines is 2. The molecular weight excluding hydrogens is 225 g/mol. The Hall–Kier alpha value is -2.44. The van der Waals surface area contributed by atoms with Gasteiger partial charge in [-0.25, -0.2) is 4.39 Å². The van der Waals surface area contributed by atoms with Crippen molar-refractivity contribution in [1.29, 1.82) is 0 Å². The van der Waals surface area contributed by atoms with Crippen molar-refractivity contribution in [3.63, 3.8) is 0 Å². The van der Waals surface area contributed by atoms with E-state index in [1.165, 1.54) is 17.1 Å². The summed E-state index contributed by atoms with van der Waals surface area (Å²) in [6.07, 6.45) is 3.71. The Morgan fingerprint density at radius 2 is 2.24 bits per heavy atom. The minimum atomic E-state index is -0.573. The highest BCUT2D eigenvalue weighted by Gasteiger charge is 2.12. The number of aryl methyl sites for hydroxylation is 1. The molecule has 17 heavy (non-hydrogen) atoms. The molecule has 88 valence electrons. The van der Waals surface area contributed by atoms with Crippen LogP contribution in [0.1, 0.15) is 10.4 Å². The van der Waals surface area contributed by atoms with Crippen LogP contribution in [0.5, 0.6) is 0 Å². The summed E-state index contributed by atoms with van der Waals surface area (Å²) >= 11 is 0. The highest BCUT2D eigenvalue weighted by Crippen LogP contribution is 2.16. The van der Waals surface area contributed by atoms with Gasteiger partial charge in [-0.05, 0) is 6.07 Å². The van der Waals surface area contributed by atoms with Crippen LogP contribution in [-0.4, -0.2) is 20.7 Å². The molecule has 2 aromatic heterocycles. The second kappa shape index (κ2) is 4.20. The number of carbonyl (C=O) groups is 1. The number of aromatic nitrogens is 3. The lowest BCUT2D eigenvalue weighted by molar-refractivity contribution is 0.102. The van der Waals surface area contributed by atoms with E-state index in [-0.39, 0.29) is 5.56 Å². The van der Waals surface area contributed by atoms with Crippen molar-refractivity contribution in [2.24, 2.45) is 7.05 Å². The normalized spacial score (nSPS) is 10.2. The summed E-state index contributed by atoms with van der Waals surface area (Å²) in [7, 11) is 1.63. The Morgan fingerprint density at radius 3 is 2.82 bits per heavy atom. The highest BCUT2D eigenvalue weighted by atomic mass is 19.1. The van der Waals surface area contributed by atoms with Crippen molar-refractivity contribution >= 4 is 17.4 Å². The number of nitrogens with one attached hydrogen (secondary N) is 1. The lowest BCUT2D eigenvalue weighted by atomic mass is 10.2. The van der Waals surface area contributed by atoms with Crippen molar-refractivity contribution < 1.29 is 9.18 Å². The molecule has 7 heteroatoms. The smallest absolute Gasteiger partial charge is 0.258 e. The van der Waals surface area contributed by atoms with Gasteiger partial charge in [-0.3, -0.25) is 14.5 Å². The number of nitrogens with zero attached hydrogens (tertiary/aromatic N) is 3. The number of pyridine rings is 1.